The van der Waals surface area contributed by atoms with Crippen molar-refractivity contribution in [2.45, 2.75) is 38.8 Å². The Balaban J connectivity index is 1.57. The third kappa shape index (κ3) is 5.57. The molecule has 1 aliphatic rings. The molecule has 0 atom stereocenters. The maximum absolute atomic E-state index is 13.7. The van der Waals surface area contributed by atoms with Gasteiger partial charge in [0, 0.05) is 17.3 Å². The number of carbonyl (C=O) groups is 2. The molecule has 5 heteroatoms. The van der Waals surface area contributed by atoms with Gasteiger partial charge < -0.3 is 10.2 Å². The largest absolute Gasteiger partial charge is 0.353 e. The van der Waals surface area contributed by atoms with Crippen molar-refractivity contribution in [2.75, 3.05) is 4.90 Å². The summed E-state index contributed by atoms with van der Waals surface area (Å²) in [6.45, 7) is 2.37. The normalized spacial score (nSPS) is 13.0. The van der Waals surface area contributed by atoms with Crippen LogP contribution in [0.25, 0.3) is 0 Å². The van der Waals surface area contributed by atoms with Gasteiger partial charge in [0.05, 0.1) is 13.0 Å². The van der Waals surface area contributed by atoms with Gasteiger partial charge >= 0.3 is 0 Å². The third-order valence-electron chi connectivity index (χ3n) is 5.33. The minimum Gasteiger partial charge on any atom is -0.353 e. The van der Waals surface area contributed by atoms with Crippen LogP contribution in [0.5, 0.6) is 0 Å². The second-order valence-electron chi connectivity index (χ2n) is 8.07. The van der Waals surface area contributed by atoms with Crippen LogP contribution in [-0.2, 0) is 17.8 Å². The van der Waals surface area contributed by atoms with Crippen LogP contribution >= 0.6 is 0 Å². The number of anilines is 1. The predicted molar refractivity (Wildman–Crippen MR) is 119 cm³/mol. The van der Waals surface area contributed by atoms with E-state index in [2.05, 4.69) is 5.32 Å². The van der Waals surface area contributed by atoms with Gasteiger partial charge in [-0.1, -0.05) is 48.0 Å². The molecule has 1 aliphatic carbocycles. The first-order chi connectivity index (χ1) is 15.0. The number of amides is 2. The van der Waals surface area contributed by atoms with E-state index in [4.69, 9.17) is 0 Å². The maximum atomic E-state index is 13.7. The number of halogens is 1. The number of hydrogen-bond donors (Lipinski definition) is 1. The van der Waals surface area contributed by atoms with E-state index in [0.29, 0.717) is 30.3 Å². The van der Waals surface area contributed by atoms with Gasteiger partial charge in [0.15, 0.2) is 0 Å². The first-order valence-electron chi connectivity index (χ1n) is 10.5. The number of rotatable bonds is 7. The van der Waals surface area contributed by atoms with Gasteiger partial charge in [0.1, 0.15) is 5.82 Å². The average Bonchev–Trinajstić information content (AvgIpc) is 3.57. The fourth-order valence-corrected chi connectivity index (χ4v) is 3.42. The molecule has 1 fully saturated rings. The van der Waals surface area contributed by atoms with Gasteiger partial charge in [-0.15, -0.1) is 0 Å². The van der Waals surface area contributed by atoms with Crippen molar-refractivity contribution in [1.82, 2.24) is 5.32 Å². The van der Waals surface area contributed by atoms with Gasteiger partial charge in [-0.25, -0.2) is 4.39 Å². The van der Waals surface area contributed by atoms with Crippen molar-refractivity contribution in [3.63, 3.8) is 0 Å². The molecule has 1 saturated carbocycles. The standard InChI is InChI=1S/C26H25FN2O2/c1-18-5-7-20(8-6-18)17-29(26(31)21-3-2-4-22(27)16-21)24-13-9-19(10-14-24)15-25(30)28-23-11-12-23/h2-10,13-14,16,23H,11-12,15,17H2,1H3,(H,28,30). The molecular formula is C26H25FN2O2. The molecule has 31 heavy (non-hydrogen) atoms. The number of aryl methyl sites for hydroxylation is 1. The quantitative estimate of drug-likeness (QED) is 0.601. The minimum atomic E-state index is -0.446. The molecule has 0 heterocycles. The lowest BCUT2D eigenvalue weighted by Gasteiger charge is -2.24. The van der Waals surface area contributed by atoms with Crippen LogP contribution in [-0.4, -0.2) is 17.9 Å². The van der Waals surface area contributed by atoms with E-state index in [9.17, 15) is 14.0 Å². The molecule has 0 aliphatic heterocycles. The van der Waals surface area contributed by atoms with Gasteiger partial charge in [0.25, 0.3) is 5.91 Å². The van der Waals surface area contributed by atoms with Gasteiger partial charge in [-0.2, -0.15) is 0 Å². The summed E-state index contributed by atoms with van der Waals surface area (Å²) in [6, 6.07) is 21.4. The van der Waals surface area contributed by atoms with E-state index in [-0.39, 0.29) is 11.8 Å². The fraction of sp³-hybridized carbons (Fsp3) is 0.231. The van der Waals surface area contributed by atoms with Crippen molar-refractivity contribution in [1.29, 1.82) is 0 Å². The zero-order valence-corrected chi connectivity index (χ0v) is 17.5. The molecule has 0 saturated heterocycles. The van der Waals surface area contributed by atoms with E-state index in [1.54, 1.807) is 11.0 Å². The van der Waals surface area contributed by atoms with Crippen LogP contribution in [0.2, 0.25) is 0 Å². The highest BCUT2D eigenvalue weighted by molar-refractivity contribution is 6.06. The zero-order chi connectivity index (χ0) is 21.8. The first kappa shape index (κ1) is 20.8. The molecule has 0 aromatic heterocycles. The fourth-order valence-electron chi connectivity index (χ4n) is 3.42. The number of carbonyl (C=O) groups excluding carboxylic acids is 2. The summed E-state index contributed by atoms with van der Waals surface area (Å²) < 4.78 is 13.7. The SMILES string of the molecule is Cc1ccc(CN(C(=O)c2cccc(F)c2)c2ccc(CC(=O)NC3CC3)cc2)cc1. The summed E-state index contributed by atoms with van der Waals surface area (Å²) in [5.41, 5.74) is 3.99. The van der Waals surface area contributed by atoms with Crippen molar-refractivity contribution in [3.8, 4) is 0 Å². The third-order valence-corrected chi connectivity index (χ3v) is 5.33. The number of nitrogens with zero attached hydrogens (tertiary/aromatic N) is 1. The van der Waals surface area contributed by atoms with Crippen LogP contribution in [0.1, 0.15) is 39.9 Å². The van der Waals surface area contributed by atoms with E-state index >= 15 is 0 Å². The molecule has 3 aromatic carbocycles. The summed E-state index contributed by atoms with van der Waals surface area (Å²) in [7, 11) is 0. The Morgan fingerprint density at radius 1 is 0.968 bits per heavy atom. The van der Waals surface area contributed by atoms with Gasteiger partial charge in [-0.05, 0) is 61.2 Å². The predicted octanol–water partition coefficient (Wildman–Crippen LogP) is 4.80. The maximum Gasteiger partial charge on any atom is 0.258 e. The summed E-state index contributed by atoms with van der Waals surface area (Å²) in [5, 5.41) is 2.98. The van der Waals surface area contributed by atoms with Crippen molar-refractivity contribution in [2.24, 2.45) is 0 Å². The lowest BCUT2D eigenvalue weighted by atomic mass is 10.1. The molecular weight excluding hydrogens is 391 g/mol. The molecule has 158 valence electrons. The summed E-state index contributed by atoms with van der Waals surface area (Å²) >= 11 is 0. The average molecular weight is 416 g/mol. The Morgan fingerprint density at radius 3 is 2.29 bits per heavy atom. The van der Waals surface area contributed by atoms with Gasteiger partial charge in [-0.3, -0.25) is 9.59 Å². The van der Waals surface area contributed by atoms with Crippen LogP contribution < -0.4 is 10.2 Å². The monoisotopic (exact) mass is 416 g/mol. The Kier molecular flexibility index (Phi) is 6.12. The lowest BCUT2D eigenvalue weighted by Crippen LogP contribution is -2.30. The summed E-state index contributed by atoms with van der Waals surface area (Å²) in [6.07, 6.45) is 2.42. The molecule has 3 aromatic rings. The first-order valence-corrected chi connectivity index (χ1v) is 10.5. The van der Waals surface area contributed by atoms with Gasteiger partial charge in [0.2, 0.25) is 5.91 Å². The topological polar surface area (TPSA) is 49.4 Å². The highest BCUT2D eigenvalue weighted by Crippen LogP contribution is 2.23. The number of benzene rings is 3. The number of nitrogens with one attached hydrogen (secondary N) is 1. The Hall–Kier alpha value is -3.47. The lowest BCUT2D eigenvalue weighted by molar-refractivity contribution is -0.120. The van der Waals surface area contributed by atoms with Crippen LogP contribution in [0, 0.1) is 12.7 Å². The summed E-state index contributed by atoms with van der Waals surface area (Å²) in [4.78, 5) is 27.0. The molecule has 4 nitrogen and oxygen atoms in total. The zero-order valence-electron chi connectivity index (χ0n) is 17.5. The van der Waals surface area contributed by atoms with Crippen LogP contribution in [0.15, 0.2) is 72.8 Å². The molecule has 0 spiro atoms. The Bertz CT molecular complexity index is 1070. The van der Waals surface area contributed by atoms with Crippen LogP contribution in [0.3, 0.4) is 0 Å². The van der Waals surface area contributed by atoms with Crippen LogP contribution in [0.4, 0.5) is 10.1 Å². The van der Waals surface area contributed by atoms with E-state index < -0.39 is 5.82 Å². The summed E-state index contributed by atoms with van der Waals surface area (Å²) in [5.74, 6) is -0.708. The second kappa shape index (κ2) is 9.13. The highest BCUT2D eigenvalue weighted by Gasteiger charge is 2.23. The van der Waals surface area contributed by atoms with E-state index in [0.717, 1.165) is 29.5 Å². The van der Waals surface area contributed by atoms with E-state index in [1.165, 1.54) is 18.2 Å². The molecule has 0 unspecified atom stereocenters. The molecule has 1 N–H and O–H groups in total. The van der Waals surface area contributed by atoms with E-state index in [1.807, 2.05) is 55.5 Å². The minimum absolute atomic E-state index is 0.0163. The van der Waals surface area contributed by atoms with Crippen molar-refractivity contribution in [3.05, 3.63) is 101 Å². The smallest absolute Gasteiger partial charge is 0.258 e. The highest BCUT2D eigenvalue weighted by atomic mass is 19.1. The molecule has 2 amide bonds. The Labute approximate surface area is 181 Å². The second-order valence-corrected chi connectivity index (χ2v) is 8.07. The number of hydrogen-bond acceptors (Lipinski definition) is 2. The van der Waals surface area contributed by atoms with Crippen molar-refractivity contribution >= 4 is 17.5 Å². The molecule has 4 rings (SSSR count). The Morgan fingerprint density at radius 2 is 1.65 bits per heavy atom. The molecule has 0 bridgehead atoms. The molecule has 0 radical (unpaired) electrons. The van der Waals surface area contributed by atoms with Crippen molar-refractivity contribution < 1.29 is 14.0 Å².